The van der Waals surface area contributed by atoms with Crippen molar-refractivity contribution in [2.24, 2.45) is 0 Å². The quantitative estimate of drug-likeness (QED) is 0.279. The third-order valence-corrected chi connectivity index (χ3v) is 5.53. The van der Waals surface area contributed by atoms with E-state index in [9.17, 15) is 4.39 Å². The highest BCUT2D eigenvalue weighted by Crippen LogP contribution is 2.20. The van der Waals surface area contributed by atoms with Crippen LogP contribution in [0.3, 0.4) is 0 Å². The van der Waals surface area contributed by atoms with Crippen LogP contribution in [0.5, 0.6) is 5.75 Å². The molecule has 35 heavy (non-hydrogen) atoms. The van der Waals surface area contributed by atoms with Crippen molar-refractivity contribution in [3.8, 4) is 40.6 Å². The molecule has 0 saturated carbocycles. The summed E-state index contributed by atoms with van der Waals surface area (Å²) < 4.78 is 19.7. The fraction of sp³-hybridized carbons (Fsp3) is 0.152. The van der Waals surface area contributed by atoms with Crippen molar-refractivity contribution >= 4 is 0 Å². The predicted molar refractivity (Wildman–Crippen MR) is 142 cm³/mol. The summed E-state index contributed by atoms with van der Waals surface area (Å²) in [5, 5.41) is 0. The SMILES string of the molecule is CCCc1ccc(C#Cc2ccc(-c3ccc(C#Cc4ccc(OCC)cc4)cc3)cc2)c(F)c1. The van der Waals surface area contributed by atoms with Crippen LogP contribution in [-0.2, 0) is 6.42 Å². The van der Waals surface area contributed by atoms with Gasteiger partial charge in [-0.3, -0.25) is 0 Å². The Hall–Kier alpha value is -4.27. The molecule has 172 valence electrons. The number of benzene rings is 4. The molecule has 4 aromatic rings. The van der Waals surface area contributed by atoms with Gasteiger partial charge >= 0.3 is 0 Å². The molecule has 0 saturated heterocycles. The molecule has 4 aromatic carbocycles. The van der Waals surface area contributed by atoms with E-state index in [2.05, 4.69) is 42.7 Å². The number of hydrogen-bond donors (Lipinski definition) is 0. The zero-order chi connectivity index (χ0) is 24.5. The maximum absolute atomic E-state index is 14.3. The molecule has 0 heterocycles. The first kappa shape index (κ1) is 23.9. The van der Waals surface area contributed by atoms with Gasteiger partial charge in [-0.2, -0.15) is 0 Å². The zero-order valence-corrected chi connectivity index (χ0v) is 20.1. The van der Waals surface area contributed by atoms with Crippen LogP contribution < -0.4 is 4.74 Å². The molecule has 0 N–H and O–H groups in total. The van der Waals surface area contributed by atoms with E-state index in [1.54, 1.807) is 12.1 Å². The van der Waals surface area contributed by atoms with Crippen LogP contribution in [0.25, 0.3) is 11.1 Å². The van der Waals surface area contributed by atoms with Crippen molar-refractivity contribution in [3.05, 3.63) is 125 Å². The van der Waals surface area contributed by atoms with Crippen LogP contribution in [-0.4, -0.2) is 6.61 Å². The minimum Gasteiger partial charge on any atom is -0.494 e. The fourth-order valence-electron chi connectivity index (χ4n) is 3.68. The van der Waals surface area contributed by atoms with Gasteiger partial charge in [-0.1, -0.05) is 67.4 Å². The first-order chi connectivity index (χ1) is 17.1. The molecular weight excluding hydrogens is 431 g/mol. The normalized spacial score (nSPS) is 10.0. The molecule has 4 rings (SSSR count). The van der Waals surface area contributed by atoms with Gasteiger partial charge in [-0.05, 0) is 90.7 Å². The summed E-state index contributed by atoms with van der Waals surface area (Å²) in [4.78, 5) is 0. The Balaban J connectivity index is 1.42. The van der Waals surface area contributed by atoms with Gasteiger partial charge in [-0.25, -0.2) is 4.39 Å². The average molecular weight is 459 g/mol. The fourth-order valence-corrected chi connectivity index (χ4v) is 3.68. The smallest absolute Gasteiger partial charge is 0.139 e. The Kier molecular flexibility index (Phi) is 8.00. The molecule has 0 aromatic heterocycles. The minimum absolute atomic E-state index is 0.259. The summed E-state index contributed by atoms with van der Waals surface area (Å²) in [6, 6.07) is 29.3. The van der Waals surface area contributed by atoms with Gasteiger partial charge in [0.25, 0.3) is 0 Å². The van der Waals surface area contributed by atoms with Crippen molar-refractivity contribution in [1.29, 1.82) is 0 Å². The van der Waals surface area contributed by atoms with Gasteiger partial charge in [0.15, 0.2) is 0 Å². The Bertz CT molecular complexity index is 1390. The van der Waals surface area contributed by atoms with Gasteiger partial charge in [0.2, 0.25) is 0 Å². The Morgan fingerprint density at radius 3 is 1.63 bits per heavy atom. The Labute approximate surface area is 207 Å². The Morgan fingerprint density at radius 1 is 0.629 bits per heavy atom. The van der Waals surface area contributed by atoms with Gasteiger partial charge in [0.05, 0.1) is 12.2 Å². The molecular formula is C33H27FO. The van der Waals surface area contributed by atoms with Crippen molar-refractivity contribution in [2.75, 3.05) is 6.61 Å². The van der Waals surface area contributed by atoms with Crippen LogP contribution in [0.4, 0.5) is 4.39 Å². The van der Waals surface area contributed by atoms with E-state index in [1.165, 1.54) is 0 Å². The van der Waals surface area contributed by atoms with E-state index in [0.29, 0.717) is 12.2 Å². The molecule has 0 unspecified atom stereocenters. The van der Waals surface area contributed by atoms with E-state index in [-0.39, 0.29) is 5.82 Å². The van der Waals surface area contributed by atoms with Crippen LogP contribution >= 0.6 is 0 Å². The third kappa shape index (κ3) is 6.63. The lowest BCUT2D eigenvalue weighted by atomic mass is 10.0. The second-order valence-corrected chi connectivity index (χ2v) is 8.18. The maximum atomic E-state index is 14.3. The largest absolute Gasteiger partial charge is 0.494 e. The molecule has 1 nitrogen and oxygen atoms in total. The summed E-state index contributed by atoms with van der Waals surface area (Å²) in [5.74, 6) is 13.0. The lowest BCUT2D eigenvalue weighted by Crippen LogP contribution is -1.90. The molecule has 0 radical (unpaired) electrons. The Morgan fingerprint density at radius 2 is 1.14 bits per heavy atom. The summed E-state index contributed by atoms with van der Waals surface area (Å²) >= 11 is 0. The van der Waals surface area contributed by atoms with Crippen LogP contribution in [0.2, 0.25) is 0 Å². The number of aryl methyl sites for hydroxylation is 1. The highest BCUT2D eigenvalue weighted by Gasteiger charge is 2.01. The molecule has 0 aliphatic carbocycles. The highest BCUT2D eigenvalue weighted by atomic mass is 19.1. The van der Waals surface area contributed by atoms with Gasteiger partial charge in [-0.15, -0.1) is 0 Å². The first-order valence-corrected chi connectivity index (χ1v) is 11.9. The highest BCUT2D eigenvalue weighted by molar-refractivity contribution is 5.65. The number of ether oxygens (including phenoxy) is 1. The van der Waals surface area contributed by atoms with Crippen molar-refractivity contribution < 1.29 is 9.13 Å². The maximum Gasteiger partial charge on any atom is 0.139 e. The topological polar surface area (TPSA) is 9.23 Å². The molecule has 0 amide bonds. The van der Waals surface area contributed by atoms with Crippen molar-refractivity contribution in [1.82, 2.24) is 0 Å². The molecule has 2 heteroatoms. The standard InChI is InChI=1S/C33H27FO/c1-3-5-28-13-21-31(33(34)24-28)20-12-27-10-18-30(19-11-27)29-16-8-25(9-17-29)6-7-26-14-22-32(23-15-26)35-4-2/h8-11,13-19,21-24H,3-5H2,1-2H3. The lowest BCUT2D eigenvalue weighted by Gasteiger charge is -2.03. The van der Waals surface area contributed by atoms with Crippen LogP contribution in [0.1, 0.15) is 48.1 Å². The number of hydrogen-bond acceptors (Lipinski definition) is 1. The molecule has 0 spiro atoms. The second-order valence-electron chi connectivity index (χ2n) is 8.18. The molecule has 0 bridgehead atoms. The summed E-state index contributed by atoms with van der Waals surface area (Å²) in [6.45, 7) is 4.71. The lowest BCUT2D eigenvalue weighted by molar-refractivity contribution is 0.340. The van der Waals surface area contributed by atoms with Crippen molar-refractivity contribution in [3.63, 3.8) is 0 Å². The first-order valence-electron chi connectivity index (χ1n) is 11.9. The van der Waals surface area contributed by atoms with Crippen LogP contribution in [0, 0.1) is 29.5 Å². The summed E-state index contributed by atoms with van der Waals surface area (Å²) in [7, 11) is 0. The van der Waals surface area contributed by atoms with Crippen molar-refractivity contribution in [2.45, 2.75) is 26.7 Å². The van der Waals surface area contributed by atoms with Gasteiger partial charge in [0.1, 0.15) is 11.6 Å². The number of rotatable bonds is 5. The van der Waals surface area contributed by atoms with Gasteiger partial charge in [0, 0.05) is 16.7 Å². The predicted octanol–water partition coefficient (Wildman–Crippen LogP) is 7.64. The summed E-state index contributed by atoms with van der Waals surface area (Å²) in [5.41, 5.74) is 6.39. The molecule has 0 fully saturated rings. The second kappa shape index (κ2) is 11.7. The molecule has 0 atom stereocenters. The van der Waals surface area contributed by atoms with E-state index in [1.807, 2.05) is 73.7 Å². The molecule has 0 aliphatic heterocycles. The molecule has 0 aliphatic rings. The minimum atomic E-state index is -0.259. The van der Waals surface area contributed by atoms with E-state index in [0.717, 1.165) is 52.0 Å². The van der Waals surface area contributed by atoms with E-state index >= 15 is 0 Å². The zero-order valence-electron chi connectivity index (χ0n) is 20.1. The van der Waals surface area contributed by atoms with E-state index in [4.69, 9.17) is 4.74 Å². The van der Waals surface area contributed by atoms with E-state index < -0.39 is 0 Å². The summed E-state index contributed by atoms with van der Waals surface area (Å²) in [6.07, 6.45) is 1.87. The van der Waals surface area contributed by atoms with Gasteiger partial charge < -0.3 is 4.74 Å². The third-order valence-electron chi connectivity index (χ3n) is 5.53. The van der Waals surface area contributed by atoms with Crippen LogP contribution in [0.15, 0.2) is 91.0 Å². The average Bonchev–Trinajstić information content (AvgIpc) is 2.89. The monoisotopic (exact) mass is 458 g/mol. The number of halogens is 1.